The lowest BCUT2D eigenvalue weighted by Gasteiger charge is -2.35. The van der Waals surface area contributed by atoms with Crippen molar-refractivity contribution in [3.63, 3.8) is 0 Å². The molecule has 1 amide bonds. The molecule has 9 nitrogen and oxygen atoms in total. The Bertz CT molecular complexity index is 645. The largest absolute Gasteiger partial charge is 0.451 e. The van der Waals surface area contributed by atoms with E-state index in [2.05, 4.69) is 9.97 Å². The zero-order valence-corrected chi connectivity index (χ0v) is 16.5. The van der Waals surface area contributed by atoms with E-state index in [-0.39, 0.29) is 12.0 Å². The lowest BCUT2D eigenvalue weighted by Crippen LogP contribution is -2.52. The van der Waals surface area contributed by atoms with Crippen LogP contribution in [0.15, 0.2) is 18.5 Å². The van der Waals surface area contributed by atoms with Crippen LogP contribution in [-0.4, -0.2) is 84.4 Å². The summed E-state index contributed by atoms with van der Waals surface area (Å²) in [6, 6.07) is 1.77. The third-order valence-corrected chi connectivity index (χ3v) is 4.96. The molecule has 0 saturated carbocycles. The predicted octanol–water partition coefficient (Wildman–Crippen LogP) is 0.641. The number of hydrogen-bond acceptors (Lipinski definition) is 8. The maximum absolute atomic E-state index is 12.6. The van der Waals surface area contributed by atoms with Gasteiger partial charge in [0.25, 0.3) is 5.91 Å². The first kappa shape index (κ1) is 20.5. The molecule has 2 aliphatic heterocycles. The van der Waals surface area contributed by atoms with E-state index in [1.807, 2.05) is 4.90 Å². The van der Waals surface area contributed by atoms with Crippen LogP contribution < -0.4 is 4.90 Å². The van der Waals surface area contributed by atoms with Gasteiger partial charge in [-0.25, -0.2) is 14.8 Å². The number of carbonyl (C=O) groups excluding carboxylic acids is 2. The number of hydrogen-bond donors (Lipinski definition) is 0. The van der Waals surface area contributed by atoms with Crippen LogP contribution in [-0.2, 0) is 23.8 Å². The maximum atomic E-state index is 12.6. The second-order valence-electron chi connectivity index (χ2n) is 7.05. The van der Waals surface area contributed by atoms with Crippen LogP contribution in [0.3, 0.4) is 0 Å². The Hall–Kier alpha value is -2.26. The Morgan fingerprint density at radius 3 is 2.54 bits per heavy atom. The van der Waals surface area contributed by atoms with Gasteiger partial charge >= 0.3 is 5.97 Å². The number of aromatic nitrogens is 2. The Morgan fingerprint density at radius 2 is 1.89 bits per heavy atom. The predicted molar refractivity (Wildman–Crippen MR) is 101 cm³/mol. The van der Waals surface area contributed by atoms with Gasteiger partial charge in [0, 0.05) is 45.2 Å². The van der Waals surface area contributed by atoms with Crippen molar-refractivity contribution in [2.24, 2.45) is 0 Å². The first-order chi connectivity index (χ1) is 13.5. The zero-order valence-electron chi connectivity index (χ0n) is 16.5. The van der Waals surface area contributed by atoms with E-state index in [1.165, 1.54) is 0 Å². The van der Waals surface area contributed by atoms with Gasteiger partial charge in [0.05, 0.1) is 12.7 Å². The highest BCUT2D eigenvalue weighted by Crippen LogP contribution is 2.14. The third kappa shape index (κ3) is 5.39. The Morgan fingerprint density at radius 1 is 1.18 bits per heavy atom. The fourth-order valence-corrected chi connectivity index (χ4v) is 3.25. The van der Waals surface area contributed by atoms with E-state index in [1.54, 1.807) is 37.2 Å². The van der Waals surface area contributed by atoms with Crippen LogP contribution >= 0.6 is 0 Å². The average Bonchev–Trinajstić information content (AvgIpc) is 3.25. The number of esters is 1. The van der Waals surface area contributed by atoms with E-state index in [0.29, 0.717) is 38.7 Å². The summed E-state index contributed by atoms with van der Waals surface area (Å²) in [7, 11) is 0. The summed E-state index contributed by atoms with van der Waals surface area (Å²) in [5.41, 5.74) is 0. The lowest BCUT2D eigenvalue weighted by atomic mass is 10.2. The normalized spacial score (nSPS) is 22.0. The van der Waals surface area contributed by atoms with Gasteiger partial charge in [-0.15, -0.1) is 0 Å². The number of amides is 1. The highest BCUT2D eigenvalue weighted by molar-refractivity contribution is 5.84. The third-order valence-electron chi connectivity index (χ3n) is 4.96. The quantitative estimate of drug-likeness (QED) is 0.624. The molecule has 154 valence electrons. The maximum Gasteiger partial charge on any atom is 0.335 e. The average molecular weight is 392 g/mol. The van der Waals surface area contributed by atoms with Gasteiger partial charge in [-0.05, 0) is 32.8 Å². The highest BCUT2D eigenvalue weighted by Gasteiger charge is 2.29. The molecule has 9 heteroatoms. The molecule has 0 radical (unpaired) electrons. The molecule has 1 aromatic heterocycles. The van der Waals surface area contributed by atoms with Crippen molar-refractivity contribution in [3.8, 4) is 0 Å². The molecule has 2 saturated heterocycles. The fraction of sp³-hybridized carbons (Fsp3) is 0.684. The number of ether oxygens (including phenoxy) is 3. The monoisotopic (exact) mass is 392 g/mol. The molecule has 0 aromatic carbocycles. The summed E-state index contributed by atoms with van der Waals surface area (Å²) in [5, 5.41) is 0. The molecule has 0 bridgehead atoms. The molecule has 2 aliphatic rings. The van der Waals surface area contributed by atoms with Crippen LogP contribution in [0.25, 0.3) is 0 Å². The van der Waals surface area contributed by atoms with Gasteiger partial charge in [-0.2, -0.15) is 0 Å². The number of nitrogens with zero attached hydrogens (tertiary/aromatic N) is 4. The van der Waals surface area contributed by atoms with Gasteiger partial charge in [-0.3, -0.25) is 4.79 Å². The molecular weight excluding hydrogens is 364 g/mol. The van der Waals surface area contributed by atoms with E-state index in [0.717, 1.165) is 19.4 Å². The van der Waals surface area contributed by atoms with Crippen molar-refractivity contribution in [3.05, 3.63) is 18.5 Å². The molecule has 3 unspecified atom stereocenters. The van der Waals surface area contributed by atoms with E-state index < -0.39 is 18.2 Å². The molecular formula is C19H28N4O5. The Kier molecular flexibility index (Phi) is 7.16. The van der Waals surface area contributed by atoms with E-state index in [9.17, 15) is 9.59 Å². The number of anilines is 1. The van der Waals surface area contributed by atoms with Crippen LogP contribution in [0.2, 0.25) is 0 Å². The van der Waals surface area contributed by atoms with Crippen LogP contribution in [0.4, 0.5) is 5.95 Å². The van der Waals surface area contributed by atoms with Crippen molar-refractivity contribution in [2.75, 3.05) is 44.3 Å². The van der Waals surface area contributed by atoms with Gasteiger partial charge in [0.1, 0.15) is 0 Å². The fourth-order valence-electron chi connectivity index (χ4n) is 3.25. The molecule has 0 N–H and O–H groups in total. The SMILES string of the molecule is CC(OCC1CCCO1)C(=O)OC(C)C(=O)N1CCN(c2ncccn2)CC1. The van der Waals surface area contributed by atoms with E-state index >= 15 is 0 Å². The highest BCUT2D eigenvalue weighted by atomic mass is 16.6. The second-order valence-corrected chi connectivity index (χ2v) is 7.05. The second kappa shape index (κ2) is 9.79. The molecule has 3 heterocycles. The van der Waals surface area contributed by atoms with Crippen molar-refractivity contribution in [1.29, 1.82) is 0 Å². The zero-order chi connectivity index (χ0) is 19.9. The molecule has 3 atom stereocenters. The topological polar surface area (TPSA) is 94.1 Å². The summed E-state index contributed by atoms with van der Waals surface area (Å²) < 4.78 is 16.3. The van der Waals surface area contributed by atoms with Crippen LogP contribution in [0.1, 0.15) is 26.7 Å². The van der Waals surface area contributed by atoms with Crippen LogP contribution in [0.5, 0.6) is 0 Å². The van der Waals surface area contributed by atoms with E-state index in [4.69, 9.17) is 14.2 Å². The lowest BCUT2D eigenvalue weighted by molar-refractivity contribution is -0.169. The van der Waals surface area contributed by atoms with Crippen LogP contribution in [0, 0.1) is 0 Å². The minimum absolute atomic E-state index is 0.0409. The summed E-state index contributed by atoms with van der Waals surface area (Å²) >= 11 is 0. The van der Waals surface area contributed by atoms with Crippen molar-refractivity contribution in [1.82, 2.24) is 14.9 Å². The summed E-state index contributed by atoms with van der Waals surface area (Å²) in [6.45, 7) is 6.67. The summed E-state index contributed by atoms with van der Waals surface area (Å²) in [5.74, 6) is -0.0743. The Balaban J connectivity index is 1.40. The van der Waals surface area contributed by atoms with Crippen molar-refractivity contribution in [2.45, 2.75) is 45.0 Å². The van der Waals surface area contributed by atoms with Gasteiger partial charge in [-0.1, -0.05) is 0 Å². The minimum atomic E-state index is -0.846. The van der Waals surface area contributed by atoms with Gasteiger partial charge in [0.2, 0.25) is 5.95 Å². The molecule has 0 aliphatic carbocycles. The minimum Gasteiger partial charge on any atom is -0.451 e. The summed E-state index contributed by atoms with van der Waals surface area (Å²) in [4.78, 5) is 37.0. The van der Waals surface area contributed by atoms with Gasteiger partial charge < -0.3 is 24.0 Å². The smallest absolute Gasteiger partial charge is 0.335 e. The van der Waals surface area contributed by atoms with Crippen molar-refractivity contribution < 1.29 is 23.8 Å². The first-order valence-electron chi connectivity index (χ1n) is 9.79. The number of rotatable bonds is 7. The first-order valence-corrected chi connectivity index (χ1v) is 9.79. The molecule has 0 spiro atoms. The van der Waals surface area contributed by atoms with Crippen molar-refractivity contribution >= 4 is 17.8 Å². The molecule has 3 rings (SSSR count). The number of carbonyl (C=O) groups is 2. The summed E-state index contributed by atoms with van der Waals surface area (Å²) in [6.07, 6.45) is 3.82. The molecule has 2 fully saturated rings. The molecule has 1 aromatic rings. The van der Waals surface area contributed by atoms with Gasteiger partial charge in [0.15, 0.2) is 12.2 Å². The number of piperazine rings is 1. The molecule has 28 heavy (non-hydrogen) atoms. The Labute approximate surface area is 165 Å². The standard InChI is InChI=1S/C19H28N4O5/c1-14(28-18(25)15(2)27-13-16-5-3-12-26-16)17(24)22-8-10-23(11-9-22)19-20-6-4-7-21-19/h4,6-7,14-16H,3,5,8-13H2,1-2H3.